The molecule has 4 unspecified atom stereocenters. The molecule has 4 atom stereocenters. The Morgan fingerprint density at radius 2 is 1.30 bits per heavy atom. The molecule has 0 aliphatic rings. The van der Waals surface area contributed by atoms with Crippen molar-refractivity contribution >= 4 is 35.6 Å². The molecule has 13 nitrogen and oxygen atoms in total. The molecular formula is C24H34N4O9. The lowest BCUT2D eigenvalue weighted by atomic mass is 10.0. The summed E-state index contributed by atoms with van der Waals surface area (Å²) >= 11 is 0. The van der Waals surface area contributed by atoms with Gasteiger partial charge in [0.1, 0.15) is 18.1 Å². The second-order valence-corrected chi connectivity index (χ2v) is 8.85. The lowest BCUT2D eigenvalue weighted by Gasteiger charge is -2.27. The summed E-state index contributed by atoms with van der Waals surface area (Å²) in [4.78, 5) is 71.8. The summed E-state index contributed by atoms with van der Waals surface area (Å²) in [6.07, 6.45) is -1.37. The van der Waals surface area contributed by atoms with Crippen molar-refractivity contribution in [2.24, 2.45) is 11.7 Å². The van der Waals surface area contributed by atoms with E-state index >= 15 is 0 Å². The highest BCUT2D eigenvalue weighted by molar-refractivity contribution is 5.94. The quantitative estimate of drug-likeness (QED) is 0.147. The fraction of sp³-hybridized carbons (Fsp3) is 0.500. The Morgan fingerprint density at radius 3 is 1.81 bits per heavy atom. The van der Waals surface area contributed by atoms with Crippen LogP contribution in [0.3, 0.4) is 0 Å². The maximum absolute atomic E-state index is 13.0. The normalized spacial score (nSPS) is 14.1. The van der Waals surface area contributed by atoms with Crippen molar-refractivity contribution in [3.63, 3.8) is 0 Å². The van der Waals surface area contributed by atoms with Gasteiger partial charge in [-0.2, -0.15) is 0 Å². The number of nitrogens with two attached hydrogens (primary N) is 1. The molecule has 0 aliphatic heterocycles. The van der Waals surface area contributed by atoms with Gasteiger partial charge < -0.3 is 37.0 Å². The van der Waals surface area contributed by atoms with Crippen LogP contribution in [0.15, 0.2) is 30.3 Å². The number of carboxylic acids is 3. The van der Waals surface area contributed by atoms with E-state index in [1.807, 2.05) is 0 Å². The molecule has 204 valence electrons. The van der Waals surface area contributed by atoms with Gasteiger partial charge in [0.05, 0.1) is 6.04 Å². The first-order chi connectivity index (χ1) is 17.3. The fourth-order valence-electron chi connectivity index (χ4n) is 3.33. The molecule has 0 fully saturated rings. The first kappa shape index (κ1) is 31.0. The molecule has 0 aromatic heterocycles. The van der Waals surface area contributed by atoms with Crippen LogP contribution in [0, 0.1) is 5.92 Å². The van der Waals surface area contributed by atoms with Crippen LogP contribution in [0.4, 0.5) is 0 Å². The topological polar surface area (TPSA) is 225 Å². The highest BCUT2D eigenvalue weighted by Crippen LogP contribution is 2.08. The SMILES string of the molecule is CC(C)C(NC(=O)C(N)CCC(=O)O)C(=O)NC(CCC(=O)O)C(=O)NC(Cc1ccccc1)C(=O)O. The highest BCUT2D eigenvalue weighted by Gasteiger charge is 2.32. The monoisotopic (exact) mass is 522 g/mol. The largest absolute Gasteiger partial charge is 0.481 e. The van der Waals surface area contributed by atoms with Crippen LogP contribution in [-0.4, -0.2) is 75.1 Å². The lowest BCUT2D eigenvalue weighted by Crippen LogP contribution is -2.58. The summed E-state index contributed by atoms with van der Waals surface area (Å²) in [6.45, 7) is 3.22. The second kappa shape index (κ2) is 15.2. The van der Waals surface area contributed by atoms with E-state index in [2.05, 4.69) is 16.0 Å². The van der Waals surface area contributed by atoms with Crippen molar-refractivity contribution < 1.29 is 44.1 Å². The third kappa shape index (κ3) is 11.5. The molecule has 37 heavy (non-hydrogen) atoms. The number of nitrogens with one attached hydrogen (secondary N) is 3. The van der Waals surface area contributed by atoms with Crippen LogP contribution in [0.5, 0.6) is 0 Å². The smallest absolute Gasteiger partial charge is 0.326 e. The summed E-state index contributed by atoms with van der Waals surface area (Å²) in [5.74, 6) is -6.65. The van der Waals surface area contributed by atoms with E-state index in [1.54, 1.807) is 44.2 Å². The third-order valence-electron chi connectivity index (χ3n) is 5.43. The predicted octanol–water partition coefficient (Wildman–Crippen LogP) is -0.519. The Bertz CT molecular complexity index is 968. The van der Waals surface area contributed by atoms with E-state index in [9.17, 15) is 33.9 Å². The van der Waals surface area contributed by atoms with E-state index in [0.29, 0.717) is 5.56 Å². The summed E-state index contributed by atoms with van der Waals surface area (Å²) < 4.78 is 0. The first-order valence-electron chi connectivity index (χ1n) is 11.7. The Morgan fingerprint density at radius 1 is 0.757 bits per heavy atom. The predicted molar refractivity (Wildman–Crippen MR) is 130 cm³/mol. The molecule has 1 rings (SSSR count). The van der Waals surface area contributed by atoms with Gasteiger partial charge >= 0.3 is 17.9 Å². The van der Waals surface area contributed by atoms with Gasteiger partial charge in [0.15, 0.2) is 0 Å². The average molecular weight is 523 g/mol. The number of carboxylic acid groups (broad SMARTS) is 3. The molecule has 1 aromatic rings. The zero-order chi connectivity index (χ0) is 28.1. The number of aliphatic carboxylic acids is 3. The van der Waals surface area contributed by atoms with Crippen LogP contribution in [0.1, 0.15) is 45.1 Å². The molecule has 0 radical (unpaired) electrons. The van der Waals surface area contributed by atoms with Crippen LogP contribution < -0.4 is 21.7 Å². The van der Waals surface area contributed by atoms with Crippen molar-refractivity contribution in [2.75, 3.05) is 0 Å². The number of carbonyl (C=O) groups excluding carboxylic acids is 3. The van der Waals surface area contributed by atoms with Gasteiger partial charge in [0, 0.05) is 19.3 Å². The summed E-state index contributed by atoms with van der Waals surface area (Å²) in [6, 6.07) is 3.42. The van der Waals surface area contributed by atoms with Gasteiger partial charge in [-0.05, 0) is 24.3 Å². The van der Waals surface area contributed by atoms with Crippen molar-refractivity contribution in [1.82, 2.24) is 16.0 Å². The minimum atomic E-state index is -1.40. The van der Waals surface area contributed by atoms with Crippen molar-refractivity contribution in [3.05, 3.63) is 35.9 Å². The average Bonchev–Trinajstić information content (AvgIpc) is 2.82. The molecule has 13 heteroatoms. The first-order valence-corrected chi connectivity index (χ1v) is 11.7. The molecular weight excluding hydrogens is 488 g/mol. The molecule has 1 aromatic carbocycles. The Labute approximate surface area is 213 Å². The zero-order valence-electron chi connectivity index (χ0n) is 20.7. The molecule has 3 amide bonds. The van der Waals surface area contributed by atoms with Crippen molar-refractivity contribution in [3.8, 4) is 0 Å². The van der Waals surface area contributed by atoms with Gasteiger partial charge in [-0.3, -0.25) is 24.0 Å². The van der Waals surface area contributed by atoms with Gasteiger partial charge in [-0.1, -0.05) is 44.2 Å². The molecule has 8 N–H and O–H groups in total. The summed E-state index contributed by atoms with van der Waals surface area (Å²) in [7, 11) is 0. The number of benzene rings is 1. The summed E-state index contributed by atoms with van der Waals surface area (Å²) in [5.41, 5.74) is 6.34. The minimum absolute atomic E-state index is 0.0413. The molecule has 0 bridgehead atoms. The highest BCUT2D eigenvalue weighted by atomic mass is 16.4. The van der Waals surface area contributed by atoms with Crippen LogP contribution >= 0.6 is 0 Å². The molecule has 0 saturated heterocycles. The number of carbonyl (C=O) groups is 6. The Hall–Kier alpha value is -4.00. The van der Waals surface area contributed by atoms with Gasteiger partial charge in [-0.15, -0.1) is 0 Å². The number of rotatable bonds is 16. The van der Waals surface area contributed by atoms with Crippen LogP contribution in [0.2, 0.25) is 0 Å². The van der Waals surface area contributed by atoms with Crippen LogP contribution in [0.25, 0.3) is 0 Å². The zero-order valence-corrected chi connectivity index (χ0v) is 20.7. The van der Waals surface area contributed by atoms with E-state index in [-0.39, 0.29) is 25.7 Å². The number of hydrogen-bond donors (Lipinski definition) is 7. The molecule has 0 spiro atoms. The second-order valence-electron chi connectivity index (χ2n) is 8.85. The Kier molecular flexibility index (Phi) is 12.7. The number of amides is 3. The molecule has 0 saturated carbocycles. The minimum Gasteiger partial charge on any atom is -0.481 e. The maximum Gasteiger partial charge on any atom is 0.326 e. The van der Waals surface area contributed by atoms with E-state index in [4.69, 9.17) is 15.9 Å². The van der Waals surface area contributed by atoms with Crippen LogP contribution in [-0.2, 0) is 35.2 Å². The Balaban J connectivity index is 2.98. The molecule has 0 heterocycles. The standard InChI is InChI=1S/C24H34N4O9/c1-13(2)20(28-21(33)15(25)8-10-18(29)30)23(35)26-16(9-11-19(31)32)22(34)27-17(24(36)37)12-14-6-4-3-5-7-14/h3-7,13,15-17,20H,8-12,25H2,1-2H3,(H,26,35)(H,27,34)(H,28,33)(H,29,30)(H,31,32)(H,36,37). The number of hydrogen-bond acceptors (Lipinski definition) is 7. The third-order valence-corrected chi connectivity index (χ3v) is 5.43. The van der Waals surface area contributed by atoms with E-state index in [0.717, 1.165) is 0 Å². The molecule has 0 aliphatic carbocycles. The fourth-order valence-corrected chi connectivity index (χ4v) is 3.33. The summed E-state index contributed by atoms with van der Waals surface area (Å²) in [5, 5.41) is 34.5. The van der Waals surface area contributed by atoms with Gasteiger partial charge in [0.2, 0.25) is 17.7 Å². The van der Waals surface area contributed by atoms with Gasteiger partial charge in [-0.25, -0.2) is 4.79 Å². The van der Waals surface area contributed by atoms with E-state index in [1.165, 1.54) is 0 Å². The lowest BCUT2D eigenvalue weighted by molar-refractivity contribution is -0.143. The van der Waals surface area contributed by atoms with Gasteiger partial charge in [0.25, 0.3) is 0 Å². The van der Waals surface area contributed by atoms with Crippen molar-refractivity contribution in [2.45, 2.75) is 70.1 Å². The maximum atomic E-state index is 13.0. The van der Waals surface area contributed by atoms with Crippen molar-refractivity contribution in [1.29, 1.82) is 0 Å². The van der Waals surface area contributed by atoms with E-state index < -0.39 is 72.1 Å².